The highest BCUT2D eigenvalue weighted by atomic mass is 16.1. The zero-order chi connectivity index (χ0) is 12.8. The van der Waals surface area contributed by atoms with Crippen LogP contribution in [-0.2, 0) is 13.0 Å². The Bertz CT molecular complexity index is 507. The van der Waals surface area contributed by atoms with Gasteiger partial charge in [-0.1, -0.05) is 12.1 Å². The maximum absolute atomic E-state index is 11.9. The van der Waals surface area contributed by atoms with Gasteiger partial charge in [-0.15, -0.1) is 0 Å². The van der Waals surface area contributed by atoms with Crippen molar-refractivity contribution >= 4 is 5.91 Å². The van der Waals surface area contributed by atoms with Gasteiger partial charge in [0.2, 0.25) is 0 Å². The standard InChI is InChI=1S/C13H16N4O/c14-9-10-2-1-3-11(8-10)13(18)17-5-4-12-15-6-7-16-12/h1-3,6-8H,4-5,9,14H2,(H,15,16)(H,17,18). The molecule has 2 rings (SSSR count). The molecule has 0 saturated carbocycles. The van der Waals surface area contributed by atoms with Crippen LogP contribution in [0.4, 0.5) is 0 Å². The Labute approximate surface area is 105 Å². The SMILES string of the molecule is NCc1cccc(C(=O)NCCc2ncc[nH]2)c1. The highest BCUT2D eigenvalue weighted by Gasteiger charge is 2.05. The highest BCUT2D eigenvalue weighted by molar-refractivity contribution is 5.94. The lowest BCUT2D eigenvalue weighted by Crippen LogP contribution is -2.26. The Morgan fingerprint density at radius 3 is 3.06 bits per heavy atom. The number of aromatic amines is 1. The normalized spacial score (nSPS) is 10.3. The molecule has 5 heteroatoms. The predicted octanol–water partition coefficient (Wildman–Crippen LogP) is 0.841. The van der Waals surface area contributed by atoms with E-state index in [1.54, 1.807) is 18.5 Å². The summed E-state index contributed by atoms with van der Waals surface area (Å²) >= 11 is 0. The molecule has 2 aromatic rings. The molecule has 94 valence electrons. The lowest BCUT2D eigenvalue weighted by atomic mass is 10.1. The minimum absolute atomic E-state index is 0.0862. The highest BCUT2D eigenvalue weighted by Crippen LogP contribution is 2.04. The number of hydrogen-bond donors (Lipinski definition) is 3. The van der Waals surface area contributed by atoms with E-state index in [9.17, 15) is 4.79 Å². The smallest absolute Gasteiger partial charge is 0.251 e. The zero-order valence-corrected chi connectivity index (χ0v) is 10.0. The Morgan fingerprint density at radius 1 is 1.44 bits per heavy atom. The summed E-state index contributed by atoms with van der Waals surface area (Å²) in [7, 11) is 0. The fourth-order valence-corrected chi connectivity index (χ4v) is 1.67. The van der Waals surface area contributed by atoms with E-state index < -0.39 is 0 Å². The van der Waals surface area contributed by atoms with Gasteiger partial charge < -0.3 is 16.0 Å². The number of H-pyrrole nitrogens is 1. The molecule has 5 nitrogen and oxygen atoms in total. The summed E-state index contributed by atoms with van der Waals surface area (Å²) in [5, 5.41) is 2.85. The van der Waals surface area contributed by atoms with Crippen LogP contribution in [0.15, 0.2) is 36.7 Å². The van der Waals surface area contributed by atoms with Gasteiger partial charge in [-0.2, -0.15) is 0 Å². The summed E-state index contributed by atoms with van der Waals surface area (Å²) in [4.78, 5) is 18.9. The first-order chi connectivity index (χ1) is 8.79. The summed E-state index contributed by atoms with van der Waals surface area (Å²) in [6.07, 6.45) is 4.15. The molecule has 0 aliphatic carbocycles. The molecular weight excluding hydrogens is 228 g/mol. The summed E-state index contributed by atoms with van der Waals surface area (Å²) in [5.74, 6) is 0.780. The number of carbonyl (C=O) groups is 1. The van der Waals surface area contributed by atoms with E-state index in [2.05, 4.69) is 15.3 Å². The molecule has 18 heavy (non-hydrogen) atoms. The van der Waals surface area contributed by atoms with Gasteiger partial charge in [0.05, 0.1) is 0 Å². The number of imidazole rings is 1. The van der Waals surface area contributed by atoms with Crippen molar-refractivity contribution in [3.05, 3.63) is 53.6 Å². The third-order valence-corrected chi connectivity index (χ3v) is 2.63. The number of aromatic nitrogens is 2. The second-order valence-corrected chi connectivity index (χ2v) is 3.95. The van der Waals surface area contributed by atoms with Crippen molar-refractivity contribution in [2.24, 2.45) is 5.73 Å². The molecule has 1 amide bonds. The molecule has 0 fully saturated rings. The van der Waals surface area contributed by atoms with Gasteiger partial charge in [0, 0.05) is 37.5 Å². The molecule has 0 unspecified atom stereocenters. The molecule has 0 aliphatic rings. The summed E-state index contributed by atoms with van der Waals surface area (Å²) in [6.45, 7) is 0.993. The number of amides is 1. The Kier molecular flexibility index (Phi) is 4.09. The number of hydrogen-bond acceptors (Lipinski definition) is 3. The van der Waals surface area contributed by atoms with Crippen LogP contribution in [0.1, 0.15) is 21.7 Å². The second kappa shape index (κ2) is 5.97. The number of carbonyl (C=O) groups excluding carboxylic acids is 1. The van der Waals surface area contributed by atoms with E-state index >= 15 is 0 Å². The Morgan fingerprint density at radius 2 is 2.33 bits per heavy atom. The summed E-state index contributed by atoms with van der Waals surface area (Å²) in [6, 6.07) is 7.33. The molecule has 1 heterocycles. The van der Waals surface area contributed by atoms with Crippen LogP contribution >= 0.6 is 0 Å². The second-order valence-electron chi connectivity index (χ2n) is 3.95. The first kappa shape index (κ1) is 12.3. The van der Waals surface area contributed by atoms with E-state index in [0.29, 0.717) is 25.1 Å². The zero-order valence-electron chi connectivity index (χ0n) is 10.0. The molecule has 1 aromatic heterocycles. The Hall–Kier alpha value is -2.14. The fraction of sp³-hybridized carbons (Fsp3) is 0.231. The van der Waals surface area contributed by atoms with Crippen molar-refractivity contribution in [3.63, 3.8) is 0 Å². The average Bonchev–Trinajstić information content (AvgIpc) is 2.92. The van der Waals surface area contributed by atoms with Gasteiger partial charge in [-0.05, 0) is 17.7 Å². The Balaban J connectivity index is 1.87. The molecule has 0 bridgehead atoms. The first-order valence-corrected chi connectivity index (χ1v) is 5.85. The van der Waals surface area contributed by atoms with Gasteiger partial charge >= 0.3 is 0 Å². The van der Waals surface area contributed by atoms with Crippen molar-refractivity contribution in [2.75, 3.05) is 6.54 Å². The summed E-state index contributed by atoms with van der Waals surface area (Å²) < 4.78 is 0. The van der Waals surface area contributed by atoms with E-state index in [1.807, 2.05) is 18.2 Å². The monoisotopic (exact) mass is 244 g/mol. The molecule has 0 radical (unpaired) electrons. The molecule has 0 aliphatic heterocycles. The molecule has 4 N–H and O–H groups in total. The molecule has 1 aromatic carbocycles. The van der Waals surface area contributed by atoms with E-state index in [0.717, 1.165) is 11.4 Å². The van der Waals surface area contributed by atoms with Crippen molar-refractivity contribution in [1.29, 1.82) is 0 Å². The number of rotatable bonds is 5. The van der Waals surface area contributed by atoms with Gasteiger partial charge in [0.1, 0.15) is 5.82 Å². The van der Waals surface area contributed by atoms with Crippen LogP contribution in [-0.4, -0.2) is 22.4 Å². The third kappa shape index (κ3) is 3.18. The maximum Gasteiger partial charge on any atom is 0.251 e. The van der Waals surface area contributed by atoms with Crippen LogP contribution in [0.5, 0.6) is 0 Å². The van der Waals surface area contributed by atoms with Crippen molar-refractivity contribution in [3.8, 4) is 0 Å². The van der Waals surface area contributed by atoms with Gasteiger partial charge in [-0.3, -0.25) is 4.79 Å². The van der Waals surface area contributed by atoms with E-state index in [4.69, 9.17) is 5.73 Å². The predicted molar refractivity (Wildman–Crippen MR) is 69.0 cm³/mol. The van der Waals surface area contributed by atoms with Gasteiger partial charge in [-0.25, -0.2) is 4.98 Å². The minimum atomic E-state index is -0.0862. The number of nitrogens with zero attached hydrogens (tertiary/aromatic N) is 1. The fourth-order valence-electron chi connectivity index (χ4n) is 1.67. The summed E-state index contributed by atoms with van der Waals surface area (Å²) in [5.41, 5.74) is 7.13. The average molecular weight is 244 g/mol. The van der Waals surface area contributed by atoms with Crippen molar-refractivity contribution in [1.82, 2.24) is 15.3 Å². The van der Waals surface area contributed by atoms with Crippen LogP contribution in [0.2, 0.25) is 0 Å². The van der Waals surface area contributed by atoms with Gasteiger partial charge in [0.25, 0.3) is 5.91 Å². The van der Waals surface area contributed by atoms with Gasteiger partial charge in [0.15, 0.2) is 0 Å². The molecule has 0 saturated heterocycles. The molecule has 0 spiro atoms. The van der Waals surface area contributed by atoms with Crippen molar-refractivity contribution in [2.45, 2.75) is 13.0 Å². The first-order valence-electron chi connectivity index (χ1n) is 5.85. The largest absolute Gasteiger partial charge is 0.352 e. The molecule has 0 atom stereocenters. The van der Waals surface area contributed by atoms with E-state index in [1.165, 1.54) is 0 Å². The van der Waals surface area contributed by atoms with Crippen molar-refractivity contribution < 1.29 is 4.79 Å². The number of nitrogens with one attached hydrogen (secondary N) is 2. The van der Waals surface area contributed by atoms with Crippen LogP contribution in [0.25, 0.3) is 0 Å². The lowest BCUT2D eigenvalue weighted by Gasteiger charge is -2.05. The van der Waals surface area contributed by atoms with Crippen LogP contribution in [0, 0.1) is 0 Å². The lowest BCUT2D eigenvalue weighted by molar-refractivity contribution is 0.0954. The van der Waals surface area contributed by atoms with Crippen LogP contribution < -0.4 is 11.1 Å². The topological polar surface area (TPSA) is 83.8 Å². The quantitative estimate of drug-likeness (QED) is 0.728. The number of benzene rings is 1. The van der Waals surface area contributed by atoms with E-state index in [-0.39, 0.29) is 5.91 Å². The number of nitrogens with two attached hydrogens (primary N) is 1. The van der Waals surface area contributed by atoms with Crippen LogP contribution in [0.3, 0.4) is 0 Å². The third-order valence-electron chi connectivity index (χ3n) is 2.63. The molecular formula is C13H16N4O. The maximum atomic E-state index is 11.9. The minimum Gasteiger partial charge on any atom is -0.352 e.